The quantitative estimate of drug-likeness (QED) is 0.850. The highest BCUT2D eigenvalue weighted by Gasteiger charge is 2.27. The first-order valence-electron chi connectivity index (χ1n) is 6.89. The van der Waals surface area contributed by atoms with E-state index in [-0.39, 0.29) is 5.91 Å². The third-order valence-corrected chi connectivity index (χ3v) is 3.57. The van der Waals surface area contributed by atoms with E-state index in [0.29, 0.717) is 18.7 Å². The molecule has 3 rings (SSSR count). The molecule has 0 spiro atoms. The third-order valence-electron chi connectivity index (χ3n) is 3.57. The van der Waals surface area contributed by atoms with E-state index in [1.165, 1.54) is 0 Å². The molecule has 0 fully saturated rings. The summed E-state index contributed by atoms with van der Waals surface area (Å²) >= 11 is 0. The molecule has 0 aromatic heterocycles. The number of hydrogen-bond donors (Lipinski definition) is 0. The maximum Gasteiger partial charge on any atom is 0.258 e. The second-order valence-corrected chi connectivity index (χ2v) is 4.89. The molecule has 2 aromatic rings. The minimum Gasteiger partial charge on any atom is -0.354 e. The lowest BCUT2D eigenvalue weighted by molar-refractivity contribution is -0.121. The molecule has 1 unspecified atom stereocenters. The number of ether oxygens (including phenoxy) is 2. The molecule has 21 heavy (non-hydrogen) atoms. The molecule has 0 bridgehead atoms. The van der Waals surface area contributed by atoms with Crippen LogP contribution >= 0.6 is 0 Å². The molecule has 0 saturated carbocycles. The van der Waals surface area contributed by atoms with Crippen molar-refractivity contribution in [1.82, 2.24) is 0 Å². The van der Waals surface area contributed by atoms with Crippen LogP contribution in [0.25, 0.3) is 0 Å². The van der Waals surface area contributed by atoms with Crippen LogP contribution in [0.2, 0.25) is 0 Å². The number of rotatable bonds is 2. The molecule has 4 nitrogen and oxygen atoms in total. The number of methoxy groups -OCH3 is 1. The summed E-state index contributed by atoms with van der Waals surface area (Å²) < 4.78 is 11.0. The summed E-state index contributed by atoms with van der Waals surface area (Å²) in [5.41, 5.74) is 2.52. The Morgan fingerprint density at radius 1 is 1.14 bits per heavy atom. The molecular weight excluding hydrogens is 266 g/mol. The molecule has 4 heteroatoms. The highest BCUT2D eigenvalue weighted by atomic mass is 16.7. The average Bonchev–Trinajstić information content (AvgIpc) is 2.74. The van der Waals surface area contributed by atoms with Crippen LogP contribution in [-0.2, 0) is 16.1 Å². The molecule has 0 radical (unpaired) electrons. The highest BCUT2D eigenvalue weighted by Crippen LogP contribution is 2.27. The van der Waals surface area contributed by atoms with E-state index in [1.807, 2.05) is 54.6 Å². The summed E-state index contributed by atoms with van der Waals surface area (Å²) in [5.74, 6) is -0.0457. The second kappa shape index (κ2) is 6.08. The second-order valence-electron chi connectivity index (χ2n) is 4.89. The fourth-order valence-electron chi connectivity index (χ4n) is 2.45. The van der Waals surface area contributed by atoms with E-state index in [9.17, 15) is 4.79 Å². The number of nitrogens with zero attached hydrogens (tertiary/aromatic N) is 1. The number of amides is 1. The maximum atomic E-state index is 12.8. The van der Waals surface area contributed by atoms with Crippen molar-refractivity contribution >= 4 is 11.6 Å². The van der Waals surface area contributed by atoms with E-state index in [1.54, 1.807) is 12.0 Å². The smallest absolute Gasteiger partial charge is 0.258 e. The Kier molecular flexibility index (Phi) is 3.99. The number of hydrogen-bond acceptors (Lipinski definition) is 3. The van der Waals surface area contributed by atoms with Crippen LogP contribution in [-0.4, -0.2) is 25.9 Å². The van der Waals surface area contributed by atoms with Gasteiger partial charge in [-0.2, -0.15) is 0 Å². The van der Waals surface area contributed by atoms with Crippen molar-refractivity contribution in [2.45, 2.75) is 12.9 Å². The number of fused-ring (bicyclic) bond motifs is 1. The van der Waals surface area contributed by atoms with Gasteiger partial charge in [-0.25, -0.2) is 0 Å². The van der Waals surface area contributed by atoms with Crippen LogP contribution in [0.4, 0.5) is 5.69 Å². The Morgan fingerprint density at radius 2 is 1.86 bits per heavy atom. The Labute approximate surface area is 123 Å². The zero-order chi connectivity index (χ0) is 14.7. The van der Waals surface area contributed by atoms with E-state index in [4.69, 9.17) is 9.47 Å². The van der Waals surface area contributed by atoms with Gasteiger partial charge in [0, 0.05) is 23.9 Å². The SMILES string of the molecule is COC1CN(C(=O)c2ccccc2)c2ccccc2CO1. The van der Waals surface area contributed by atoms with Crippen molar-refractivity contribution in [3.05, 3.63) is 65.7 Å². The molecule has 1 heterocycles. The molecule has 1 aliphatic heterocycles. The molecule has 1 atom stereocenters. The van der Waals surface area contributed by atoms with Crippen molar-refractivity contribution in [2.24, 2.45) is 0 Å². The van der Waals surface area contributed by atoms with Crippen LogP contribution in [0, 0.1) is 0 Å². The normalized spacial score (nSPS) is 18.0. The largest absolute Gasteiger partial charge is 0.354 e. The zero-order valence-corrected chi connectivity index (χ0v) is 11.9. The van der Waals surface area contributed by atoms with Crippen molar-refractivity contribution < 1.29 is 14.3 Å². The van der Waals surface area contributed by atoms with E-state index < -0.39 is 6.29 Å². The molecule has 2 aromatic carbocycles. The summed E-state index contributed by atoms with van der Waals surface area (Å²) in [6.45, 7) is 0.814. The Morgan fingerprint density at radius 3 is 2.62 bits per heavy atom. The van der Waals surface area contributed by atoms with Gasteiger partial charge in [-0.1, -0.05) is 36.4 Å². The molecular formula is C17H17NO3. The van der Waals surface area contributed by atoms with Crippen LogP contribution < -0.4 is 4.90 Å². The summed E-state index contributed by atoms with van der Waals surface area (Å²) in [6.07, 6.45) is -0.426. The van der Waals surface area contributed by atoms with Crippen LogP contribution in [0.15, 0.2) is 54.6 Å². The predicted molar refractivity (Wildman–Crippen MR) is 80.1 cm³/mol. The Bertz CT molecular complexity index is 627. The molecule has 1 amide bonds. The first kappa shape index (κ1) is 13.8. The first-order valence-corrected chi connectivity index (χ1v) is 6.89. The van der Waals surface area contributed by atoms with E-state index >= 15 is 0 Å². The number of para-hydroxylation sites is 1. The summed E-state index contributed by atoms with van der Waals surface area (Å²) in [5, 5.41) is 0. The van der Waals surface area contributed by atoms with Crippen LogP contribution in [0.1, 0.15) is 15.9 Å². The summed E-state index contributed by atoms with van der Waals surface area (Å²) in [6, 6.07) is 17.0. The van der Waals surface area contributed by atoms with Gasteiger partial charge in [0.1, 0.15) is 0 Å². The van der Waals surface area contributed by atoms with Gasteiger partial charge >= 0.3 is 0 Å². The van der Waals surface area contributed by atoms with E-state index in [2.05, 4.69) is 0 Å². The fourth-order valence-corrected chi connectivity index (χ4v) is 2.45. The van der Waals surface area contributed by atoms with Gasteiger partial charge in [-0.3, -0.25) is 4.79 Å². The average molecular weight is 283 g/mol. The molecule has 0 saturated heterocycles. The van der Waals surface area contributed by atoms with Gasteiger partial charge < -0.3 is 14.4 Å². The summed E-state index contributed by atoms with van der Waals surface area (Å²) in [4.78, 5) is 14.5. The zero-order valence-electron chi connectivity index (χ0n) is 11.9. The van der Waals surface area contributed by atoms with Crippen molar-refractivity contribution in [3.63, 3.8) is 0 Å². The first-order chi connectivity index (χ1) is 10.3. The predicted octanol–water partition coefficient (Wildman–Crippen LogP) is 2.84. The maximum absolute atomic E-state index is 12.8. The van der Waals surface area contributed by atoms with E-state index in [0.717, 1.165) is 11.3 Å². The highest BCUT2D eigenvalue weighted by molar-refractivity contribution is 6.06. The minimum absolute atomic E-state index is 0.0457. The van der Waals surface area contributed by atoms with Gasteiger partial charge in [0.25, 0.3) is 5.91 Å². The van der Waals surface area contributed by atoms with Crippen molar-refractivity contribution in [1.29, 1.82) is 0 Å². The van der Waals surface area contributed by atoms with Gasteiger partial charge in [-0.15, -0.1) is 0 Å². The Balaban J connectivity index is 1.99. The number of anilines is 1. The number of benzene rings is 2. The molecule has 108 valence electrons. The topological polar surface area (TPSA) is 38.8 Å². The lowest BCUT2D eigenvalue weighted by Crippen LogP contribution is -2.38. The Hall–Kier alpha value is -2.17. The summed E-state index contributed by atoms with van der Waals surface area (Å²) in [7, 11) is 1.59. The number of carbonyl (C=O) groups excluding carboxylic acids is 1. The lowest BCUT2D eigenvalue weighted by atomic mass is 10.1. The number of carbonyl (C=O) groups is 1. The standard InChI is InChI=1S/C17H17NO3/c1-20-16-11-18(17(19)13-7-3-2-4-8-13)15-10-6-5-9-14(15)12-21-16/h2-10,16H,11-12H2,1H3. The fraction of sp³-hybridized carbons (Fsp3) is 0.235. The molecule has 0 N–H and O–H groups in total. The van der Waals surface area contributed by atoms with Gasteiger partial charge in [0.2, 0.25) is 0 Å². The van der Waals surface area contributed by atoms with Crippen molar-refractivity contribution in [3.8, 4) is 0 Å². The van der Waals surface area contributed by atoms with Crippen LogP contribution in [0.3, 0.4) is 0 Å². The van der Waals surface area contributed by atoms with Gasteiger partial charge in [-0.05, 0) is 18.2 Å². The van der Waals surface area contributed by atoms with Gasteiger partial charge in [0.05, 0.1) is 13.2 Å². The van der Waals surface area contributed by atoms with Crippen LogP contribution in [0.5, 0.6) is 0 Å². The lowest BCUT2D eigenvalue weighted by Gasteiger charge is -2.24. The van der Waals surface area contributed by atoms with Crippen molar-refractivity contribution in [2.75, 3.05) is 18.6 Å². The molecule has 0 aliphatic carbocycles. The minimum atomic E-state index is -0.426. The monoisotopic (exact) mass is 283 g/mol. The third kappa shape index (κ3) is 2.82. The molecule has 1 aliphatic rings. The van der Waals surface area contributed by atoms with Gasteiger partial charge in [0.15, 0.2) is 6.29 Å².